The lowest BCUT2D eigenvalue weighted by molar-refractivity contribution is -0.121. The van der Waals surface area contributed by atoms with Crippen molar-refractivity contribution in [2.24, 2.45) is 5.73 Å². The predicted molar refractivity (Wildman–Crippen MR) is 79.5 cm³/mol. The molecule has 6 heteroatoms. The van der Waals surface area contributed by atoms with Crippen molar-refractivity contribution in [3.8, 4) is 11.5 Å². The van der Waals surface area contributed by atoms with E-state index in [4.69, 9.17) is 15.2 Å². The normalized spacial score (nSPS) is 14.1. The molecule has 0 saturated heterocycles. The van der Waals surface area contributed by atoms with Crippen molar-refractivity contribution in [3.05, 3.63) is 23.8 Å². The van der Waals surface area contributed by atoms with Crippen LogP contribution in [0, 0.1) is 0 Å². The molecule has 1 atom stereocenters. The molecule has 1 aliphatic rings. The summed E-state index contributed by atoms with van der Waals surface area (Å²) < 4.78 is 11.0. The minimum Gasteiger partial charge on any atom is -0.486 e. The fourth-order valence-corrected chi connectivity index (χ4v) is 2.10. The Morgan fingerprint density at radius 3 is 2.70 bits per heavy atom. The second-order valence-electron chi connectivity index (χ2n) is 4.47. The number of hydrogen-bond acceptors (Lipinski definition) is 4. The summed E-state index contributed by atoms with van der Waals surface area (Å²) in [4.78, 5) is 11.6. The molecule has 5 nitrogen and oxygen atoms in total. The van der Waals surface area contributed by atoms with E-state index in [9.17, 15) is 4.79 Å². The summed E-state index contributed by atoms with van der Waals surface area (Å²) in [7, 11) is 0. The van der Waals surface area contributed by atoms with Crippen molar-refractivity contribution < 1.29 is 14.3 Å². The van der Waals surface area contributed by atoms with Gasteiger partial charge in [-0.3, -0.25) is 4.79 Å². The maximum absolute atomic E-state index is 11.6. The fourth-order valence-electron chi connectivity index (χ4n) is 2.10. The highest BCUT2D eigenvalue weighted by Gasteiger charge is 2.17. The van der Waals surface area contributed by atoms with Crippen molar-refractivity contribution in [2.45, 2.75) is 25.8 Å². The number of halogens is 1. The lowest BCUT2D eigenvalue weighted by atomic mass is 10.0. The number of hydrogen-bond donors (Lipinski definition) is 2. The zero-order valence-electron chi connectivity index (χ0n) is 11.6. The molecule has 112 valence electrons. The Morgan fingerprint density at radius 2 is 2.05 bits per heavy atom. The standard InChI is InChI=1S/C14H20N2O3.ClH/c1-2-11(16-14(17)5-6-15)10-3-4-12-13(9-10)19-8-7-18-12;/h3-4,9,11H,2,5-8,15H2,1H3,(H,16,17);1H. The van der Waals surface area contributed by atoms with Gasteiger partial charge in [-0.05, 0) is 24.1 Å². The first kappa shape index (κ1) is 16.6. The molecule has 0 saturated carbocycles. The lowest BCUT2D eigenvalue weighted by Crippen LogP contribution is -2.29. The van der Waals surface area contributed by atoms with Gasteiger partial charge in [0.15, 0.2) is 11.5 Å². The first-order valence-corrected chi connectivity index (χ1v) is 6.63. The highest BCUT2D eigenvalue weighted by Crippen LogP contribution is 2.33. The number of nitrogens with one attached hydrogen (secondary N) is 1. The molecule has 0 aromatic heterocycles. The zero-order chi connectivity index (χ0) is 13.7. The second kappa shape index (κ2) is 7.97. The molecular formula is C14H21ClN2O3. The summed E-state index contributed by atoms with van der Waals surface area (Å²) in [6, 6.07) is 5.77. The third kappa shape index (κ3) is 4.02. The molecule has 0 radical (unpaired) electrons. The largest absolute Gasteiger partial charge is 0.486 e. The van der Waals surface area contributed by atoms with Gasteiger partial charge in [0.05, 0.1) is 6.04 Å². The Morgan fingerprint density at radius 1 is 1.35 bits per heavy atom. The van der Waals surface area contributed by atoms with Crippen molar-refractivity contribution in [1.29, 1.82) is 0 Å². The van der Waals surface area contributed by atoms with Crippen molar-refractivity contribution in [2.75, 3.05) is 19.8 Å². The molecule has 0 fully saturated rings. The maximum Gasteiger partial charge on any atom is 0.221 e. The SMILES string of the molecule is CCC(NC(=O)CCN)c1ccc2c(c1)OCCO2.Cl. The van der Waals surface area contributed by atoms with Crippen LogP contribution in [0.5, 0.6) is 11.5 Å². The van der Waals surface area contributed by atoms with Gasteiger partial charge in [0.25, 0.3) is 0 Å². The molecule has 1 unspecified atom stereocenters. The van der Waals surface area contributed by atoms with Gasteiger partial charge in [0.1, 0.15) is 13.2 Å². The van der Waals surface area contributed by atoms with Gasteiger partial charge in [0.2, 0.25) is 5.91 Å². The summed E-state index contributed by atoms with van der Waals surface area (Å²) >= 11 is 0. The van der Waals surface area contributed by atoms with Gasteiger partial charge < -0.3 is 20.5 Å². The van der Waals surface area contributed by atoms with E-state index < -0.39 is 0 Å². The van der Waals surface area contributed by atoms with Crippen LogP contribution in [0.4, 0.5) is 0 Å². The molecule has 1 amide bonds. The van der Waals surface area contributed by atoms with E-state index in [1.54, 1.807) is 0 Å². The minimum atomic E-state index is -0.0239. The molecule has 1 aromatic rings. The highest BCUT2D eigenvalue weighted by molar-refractivity contribution is 5.85. The molecule has 3 N–H and O–H groups in total. The summed E-state index contributed by atoms with van der Waals surface area (Å²) in [6.07, 6.45) is 1.16. The quantitative estimate of drug-likeness (QED) is 0.869. The summed E-state index contributed by atoms with van der Waals surface area (Å²) in [5.74, 6) is 1.48. The van der Waals surface area contributed by atoms with Gasteiger partial charge in [-0.25, -0.2) is 0 Å². The van der Waals surface area contributed by atoms with Crippen LogP contribution in [0.1, 0.15) is 31.4 Å². The molecule has 20 heavy (non-hydrogen) atoms. The van der Waals surface area contributed by atoms with Crippen LogP contribution in [0.15, 0.2) is 18.2 Å². The van der Waals surface area contributed by atoms with E-state index in [1.165, 1.54) is 0 Å². The molecule has 0 bridgehead atoms. The van der Waals surface area contributed by atoms with Crippen molar-refractivity contribution >= 4 is 18.3 Å². The van der Waals surface area contributed by atoms with E-state index in [0.29, 0.717) is 26.2 Å². The number of rotatable bonds is 5. The van der Waals surface area contributed by atoms with Gasteiger partial charge >= 0.3 is 0 Å². The molecule has 2 rings (SSSR count). The third-order valence-corrected chi connectivity index (χ3v) is 3.08. The number of carbonyl (C=O) groups is 1. The second-order valence-corrected chi connectivity index (χ2v) is 4.47. The molecule has 1 heterocycles. The summed E-state index contributed by atoms with van der Waals surface area (Å²) in [6.45, 7) is 3.54. The number of carbonyl (C=O) groups excluding carboxylic acids is 1. The maximum atomic E-state index is 11.6. The molecule has 1 aliphatic heterocycles. The molecular weight excluding hydrogens is 280 g/mol. The number of nitrogens with two attached hydrogens (primary N) is 1. The van der Waals surface area contributed by atoms with E-state index in [-0.39, 0.29) is 24.4 Å². The van der Waals surface area contributed by atoms with Gasteiger partial charge in [-0.1, -0.05) is 13.0 Å². The van der Waals surface area contributed by atoms with Gasteiger partial charge in [0, 0.05) is 13.0 Å². The Bertz CT molecular complexity index is 454. The number of benzene rings is 1. The first-order chi connectivity index (χ1) is 9.24. The lowest BCUT2D eigenvalue weighted by Gasteiger charge is -2.22. The van der Waals surface area contributed by atoms with Crippen LogP contribution >= 0.6 is 12.4 Å². The van der Waals surface area contributed by atoms with Crippen LogP contribution in [-0.2, 0) is 4.79 Å². The first-order valence-electron chi connectivity index (χ1n) is 6.63. The van der Waals surface area contributed by atoms with Gasteiger partial charge in [-0.2, -0.15) is 0 Å². The fraction of sp³-hybridized carbons (Fsp3) is 0.500. The highest BCUT2D eigenvalue weighted by atomic mass is 35.5. The zero-order valence-corrected chi connectivity index (χ0v) is 12.4. The molecule has 1 aromatic carbocycles. The van der Waals surface area contributed by atoms with Crippen molar-refractivity contribution in [1.82, 2.24) is 5.32 Å². The smallest absolute Gasteiger partial charge is 0.221 e. The van der Waals surface area contributed by atoms with E-state index in [0.717, 1.165) is 23.5 Å². The Kier molecular flexibility index (Phi) is 6.61. The monoisotopic (exact) mass is 300 g/mol. The average molecular weight is 301 g/mol. The van der Waals surface area contributed by atoms with Crippen LogP contribution in [0.25, 0.3) is 0 Å². The molecule has 0 spiro atoms. The summed E-state index contributed by atoms with van der Waals surface area (Å²) in [5, 5.41) is 2.98. The Balaban J connectivity index is 0.00000200. The Hall–Kier alpha value is -1.46. The van der Waals surface area contributed by atoms with Crippen LogP contribution in [0.2, 0.25) is 0 Å². The minimum absolute atomic E-state index is 0. The van der Waals surface area contributed by atoms with E-state index in [1.807, 2.05) is 25.1 Å². The number of fused-ring (bicyclic) bond motifs is 1. The van der Waals surface area contributed by atoms with Crippen LogP contribution < -0.4 is 20.5 Å². The van der Waals surface area contributed by atoms with Gasteiger partial charge in [-0.15, -0.1) is 12.4 Å². The predicted octanol–water partition coefficient (Wildman–Crippen LogP) is 1.80. The topological polar surface area (TPSA) is 73.6 Å². The number of ether oxygens (including phenoxy) is 2. The van der Waals surface area contributed by atoms with Crippen LogP contribution in [0.3, 0.4) is 0 Å². The van der Waals surface area contributed by atoms with E-state index in [2.05, 4.69) is 5.32 Å². The third-order valence-electron chi connectivity index (χ3n) is 3.08. The number of amides is 1. The molecule has 0 aliphatic carbocycles. The summed E-state index contributed by atoms with van der Waals surface area (Å²) in [5.41, 5.74) is 6.40. The van der Waals surface area contributed by atoms with Crippen LogP contribution in [-0.4, -0.2) is 25.7 Å². The van der Waals surface area contributed by atoms with Crippen molar-refractivity contribution in [3.63, 3.8) is 0 Å². The van der Waals surface area contributed by atoms with E-state index >= 15 is 0 Å². The average Bonchev–Trinajstić information content (AvgIpc) is 2.44. The Labute approximate surface area is 125 Å².